The normalized spacial score (nSPS) is 38.7. The Kier molecular flexibility index (Phi) is 2.98. The van der Waals surface area contributed by atoms with Crippen LogP contribution < -0.4 is 0 Å². The van der Waals surface area contributed by atoms with Crippen LogP contribution in [0, 0.1) is 23.7 Å². The lowest BCUT2D eigenvalue weighted by molar-refractivity contribution is 0.443. The Labute approximate surface area is 71.4 Å². The molecule has 0 heterocycles. The molecule has 0 amide bonds. The molecule has 0 nitrogen and oxygen atoms in total. The van der Waals surface area contributed by atoms with Crippen molar-refractivity contribution in [1.82, 2.24) is 0 Å². The Bertz CT molecular complexity index is 117. The monoisotopic (exact) mass is 154 g/mol. The molecule has 0 N–H and O–H groups in total. The van der Waals surface area contributed by atoms with Gasteiger partial charge in [-0.3, -0.25) is 0 Å². The van der Waals surface area contributed by atoms with Crippen LogP contribution in [0.25, 0.3) is 0 Å². The molecule has 0 spiro atoms. The summed E-state index contributed by atoms with van der Waals surface area (Å²) in [7, 11) is 0. The number of hydrogen-bond acceptors (Lipinski definition) is 0. The minimum absolute atomic E-state index is 0.974. The topological polar surface area (TPSA) is 0 Å². The lowest BCUT2D eigenvalue weighted by Gasteiger charge is -2.06. The third kappa shape index (κ3) is 1.77. The molecule has 0 radical (unpaired) electrons. The van der Waals surface area contributed by atoms with Crippen LogP contribution in [0.1, 0.15) is 47.0 Å². The van der Waals surface area contributed by atoms with Gasteiger partial charge in [-0.15, -0.1) is 0 Å². The van der Waals surface area contributed by atoms with E-state index in [2.05, 4.69) is 27.7 Å². The molecule has 1 saturated carbocycles. The summed E-state index contributed by atoms with van der Waals surface area (Å²) < 4.78 is 0. The predicted molar refractivity (Wildman–Crippen MR) is 50.5 cm³/mol. The average molecular weight is 154 g/mol. The van der Waals surface area contributed by atoms with Crippen LogP contribution in [0.2, 0.25) is 0 Å². The van der Waals surface area contributed by atoms with Gasteiger partial charge in [0.2, 0.25) is 0 Å². The molecule has 4 unspecified atom stereocenters. The molecule has 1 aliphatic rings. The molecule has 0 bridgehead atoms. The third-order valence-corrected chi connectivity index (χ3v) is 3.56. The fourth-order valence-corrected chi connectivity index (χ4v) is 2.58. The second-order valence-electron chi connectivity index (χ2n) is 4.27. The molecule has 0 aromatic carbocycles. The third-order valence-electron chi connectivity index (χ3n) is 3.56. The fraction of sp³-hybridized carbons (Fsp3) is 1.00. The molecule has 1 rings (SSSR count). The Morgan fingerprint density at radius 1 is 1.27 bits per heavy atom. The summed E-state index contributed by atoms with van der Waals surface area (Å²) in [5, 5.41) is 0. The van der Waals surface area contributed by atoms with Crippen molar-refractivity contribution in [2.24, 2.45) is 23.7 Å². The molecule has 1 aliphatic carbocycles. The first-order chi connectivity index (χ1) is 5.22. The van der Waals surface area contributed by atoms with Gasteiger partial charge in [-0.1, -0.05) is 47.0 Å². The minimum atomic E-state index is 0.974. The zero-order chi connectivity index (χ0) is 8.43. The van der Waals surface area contributed by atoms with Gasteiger partial charge in [0.25, 0.3) is 0 Å². The summed E-state index contributed by atoms with van der Waals surface area (Å²) in [6, 6.07) is 0. The van der Waals surface area contributed by atoms with E-state index in [1.165, 1.54) is 19.3 Å². The second-order valence-corrected chi connectivity index (χ2v) is 4.27. The van der Waals surface area contributed by atoms with Gasteiger partial charge in [-0.05, 0) is 23.7 Å². The molecular weight excluding hydrogens is 132 g/mol. The molecule has 1 fully saturated rings. The van der Waals surface area contributed by atoms with Gasteiger partial charge >= 0.3 is 0 Å². The van der Waals surface area contributed by atoms with Crippen molar-refractivity contribution >= 4 is 0 Å². The maximum Gasteiger partial charge on any atom is -0.0329 e. The highest BCUT2D eigenvalue weighted by Crippen LogP contribution is 2.53. The highest BCUT2D eigenvalue weighted by Gasteiger charge is 2.47. The first kappa shape index (κ1) is 9.09. The van der Waals surface area contributed by atoms with Crippen molar-refractivity contribution < 1.29 is 0 Å². The summed E-state index contributed by atoms with van der Waals surface area (Å²) in [5.41, 5.74) is 0. The van der Waals surface area contributed by atoms with Crippen molar-refractivity contribution in [3.05, 3.63) is 0 Å². The van der Waals surface area contributed by atoms with Gasteiger partial charge in [0.15, 0.2) is 0 Å². The highest BCUT2D eigenvalue weighted by atomic mass is 14.5. The SMILES string of the molecule is CCCC1C(C)C1C(C)CC. The lowest BCUT2D eigenvalue weighted by atomic mass is 10.00. The van der Waals surface area contributed by atoms with Crippen LogP contribution in [-0.2, 0) is 0 Å². The molecule has 66 valence electrons. The largest absolute Gasteiger partial charge is 0.0654 e. The quantitative estimate of drug-likeness (QED) is 0.579. The van der Waals surface area contributed by atoms with E-state index in [-0.39, 0.29) is 0 Å². The zero-order valence-corrected chi connectivity index (χ0v) is 8.43. The van der Waals surface area contributed by atoms with Crippen molar-refractivity contribution in [3.63, 3.8) is 0 Å². The maximum absolute atomic E-state index is 2.43. The van der Waals surface area contributed by atoms with Crippen LogP contribution >= 0.6 is 0 Å². The minimum Gasteiger partial charge on any atom is -0.0654 e. The summed E-state index contributed by atoms with van der Waals surface area (Å²) in [5.74, 6) is 4.15. The highest BCUT2D eigenvalue weighted by molar-refractivity contribution is 4.95. The Hall–Kier alpha value is 0. The second kappa shape index (κ2) is 3.60. The first-order valence-electron chi connectivity index (χ1n) is 5.22. The van der Waals surface area contributed by atoms with Gasteiger partial charge in [0.1, 0.15) is 0 Å². The zero-order valence-electron chi connectivity index (χ0n) is 8.43. The lowest BCUT2D eigenvalue weighted by Crippen LogP contribution is -1.97. The molecular formula is C11H22. The van der Waals surface area contributed by atoms with Gasteiger partial charge in [0.05, 0.1) is 0 Å². The van der Waals surface area contributed by atoms with Crippen molar-refractivity contribution in [2.75, 3.05) is 0 Å². The molecule has 0 heteroatoms. The van der Waals surface area contributed by atoms with Gasteiger partial charge in [-0.25, -0.2) is 0 Å². The standard InChI is InChI=1S/C11H22/c1-5-7-10-9(4)11(10)8(3)6-2/h8-11H,5-7H2,1-4H3. The average Bonchev–Trinajstić information content (AvgIpc) is 2.62. The van der Waals surface area contributed by atoms with Crippen LogP contribution in [-0.4, -0.2) is 0 Å². The van der Waals surface area contributed by atoms with Gasteiger partial charge in [0, 0.05) is 0 Å². The van der Waals surface area contributed by atoms with E-state index >= 15 is 0 Å². The van der Waals surface area contributed by atoms with E-state index in [0.29, 0.717) is 0 Å². The van der Waals surface area contributed by atoms with Gasteiger partial charge in [-0.2, -0.15) is 0 Å². The van der Waals surface area contributed by atoms with Crippen molar-refractivity contribution in [2.45, 2.75) is 47.0 Å². The molecule has 0 aromatic rings. The van der Waals surface area contributed by atoms with E-state index in [9.17, 15) is 0 Å². The van der Waals surface area contributed by atoms with Crippen molar-refractivity contribution in [3.8, 4) is 0 Å². The van der Waals surface area contributed by atoms with E-state index in [1.807, 2.05) is 0 Å². The smallest absolute Gasteiger partial charge is 0.0329 e. The fourth-order valence-electron chi connectivity index (χ4n) is 2.58. The molecule has 4 atom stereocenters. The van der Waals surface area contributed by atoms with E-state index in [1.54, 1.807) is 0 Å². The van der Waals surface area contributed by atoms with E-state index in [4.69, 9.17) is 0 Å². The van der Waals surface area contributed by atoms with E-state index in [0.717, 1.165) is 23.7 Å². The summed E-state index contributed by atoms with van der Waals surface area (Å²) in [4.78, 5) is 0. The van der Waals surface area contributed by atoms with Gasteiger partial charge < -0.3 is 0 Å². The summed E-state index contributed by atoms with van der Waals surface area (Å²) >= 11 is 0. The Balaban J connectivity index is 2.28. The van der Waals surface area contributed by atoms with Crippen LogP contribution in [0.5, 0.6) is 0 Å². The Morgan fingerprint density at radius 3 is 2.36 bits per heavy atom. The van der Waals surface area contributed by atoms with Crippen molar-refractivity contribution in [1.29, 1.82) is 0 Å². The van der Waals surface area contributed by atoms with Crippen LogP contribution in [0.4, 0.5) is 0 Å². The van der Waals surface area contributed by atoms with Crippen LogP contribution in [0.15, 0.2) is 0 Å². The maximum atomic E-state index is 2.43. The van der Waals surface area contributed by atoms with E-state index < -0.39 is 0 Å². The summed E-state index contributed by atoms with van der Waals surface area (Å²) in [6.07, 6.45) is 4.22. The predicted octanol–water partition coefficient (Wildman–Crippen LogP) is 3.71. The molecule has 11 heavy (non-hydrogen) atoms. The molecule has 0 saturated heterocycles. The van der Waals surface area contributed by atoms with Crippen LogP contribution in [0.3, 0.4) is 0 Å². The molecule has 0 aromatic heterocycles. The Morgan fingerprint density at radius 2 is 1.91 bits per heavy atom. The summed E-state index contributed by atoms with van der Waals surface area (Å²) in [6.45, 7) is 9.46. The number of rotatable bonds is 4. The first-order valence-corrected chi connectivity index (χ1v) is 5.22. The number of hydrogen-bond donors (Lipinski definition) is 0. The molecule has 0 aliphatic heterocycles.